The second-order valence-corrected chi connectivity index (χ2v) is 8.56. The maximum absolute atomic E-state index is 13.6. The van der Waals surface area contributed by atoms with Crippen LogP contribution in [0.4, 0.5) is 18.9 Å². The van der Waals surface area contributed by atoms with E-state index in [1.54, 1.807) is 29.2 Å². The van der Waals surface area contributed by atoms with Crippen molar-refractivity contribution in [3.05, 3.63) is 87.6 Å². The number of fused-ring (bicyclic) bond motifs is 1. The number of amides is 2. The van der Waals surface area contributed by atoms with Crippen molar-refractivity contribution in [3.63, 3.8) is 0 Å². The van der Waals surface area contributed by atoms with Crippen molar-refractivity contribution >= 4 is 28.8 Å². The zero-order valence-electron chi connectivity index (χ0n) is 17.6. The van der Waals surface area contributed by atoms with E-state index >= 15 is 0 Å². The minimum atomic E-state index is -4.53. The molecule has 0 spiro atoms. The fraction of sp³-hybridized carbons (Fsp3) is 0.250. The molecule has 4 rings (SSSR count). The summed E-state index contributed by atoms with van der Waals surface area (Å²) in [4.78, 5) is 29.3. The molecule has 172 valence electrons. The lowest BCUT2D eigenvalue weighted by atomic mass is 9.81. The van der Waals surface area contributed by atoms with Crippen LogP contribution in [0.1, 0.15) is 38.3 Å². The molecule has 3 aromatic rings. The van der Waals surface area contributed by atoms with Gasteiger partial charge in [0.25, 0.3) is 5.91 Å². The Bertz CT molecular complexity index is 1150. The number of anilines is 1. The third-order valence-electron chi connectivity index (χ3n) is 5.55. The first-order valence-electron chi connectivity index (χ1n) is 10.2. The van der Waals surface area contributed by atoms with Crippen LogP contribution in [0.25, 0.3) is 0 Å². The van der Waals surface area contributed by atoms with E-state index in [1.807, 2.05) is 17.5 Å². The molecular weight excluding hydrogens is 453 g/mol. The van der Waals surface area contributed by atoms with Gasteiger partial charge in [0.15, 0.2) is 0 Å². The Labute approximate surface area is 192 Å². The molecule has 2 atom stereocenters. The van der Waals surface area contributed by atoms with Gasteiger partial charge in [0.1, 0.15) is 0 Å². The number of rotatable bonds is 6. The maximum Gasteiger partial charge on any atom is 0.416 e. The summed E-state index contributed by atoms with van der Waals surface area (Å²) < 4.78 is 44.6. The summed E-state index contributed by atoms with van der Waals surface area (Å²) in [5, 5.41) is 4.50. The van der Waals surface area contributed by atoms with Gasteiger partial charge in [-0.1, -0.05) is 30.3 Å². The minimum absolute atomic E-state index is 0.0394. The summed E-state index contributed by atoms with van der Waals surface area (Å²) in [6.45, 7) is 0.539. The highest BCUT2D eigenvalue weighted by Crippen LogP contribution is 2.44. The van der Waals surface area contributed by atoms with Crippen LogP contribution >= 0.6 is 11.3 Å². The maximum atomic E-state index is 13.6. The van der Waals surface area contributed by atoms with Crippen LogP contribution in [0.15, 0.2) is 66.0 Å². The molecule has 0 saturated heterocycles. The molecule has 33 heavy (non-hydrogen) atoms. The van der Waals surface area contributed by atoms with Crippen molar-refractivity contribution < 1.29 is 27.5 Å². The minimum Gasteiger partial charge on any atom is -0.383 e. The summed E-state index contributed by atoms with van der Waals surface area (Å²) in [7, 11) is 1.53. The highest BCUT2D eigenvalue weighted by atomic mass is 32.1. The molecule has 0 radical (unpaired) electrons. The zero-order valence-corrected chi connectivity index (χ0v) is 18.5. The van der Waals surface area contributed by atoms with E-state index in [4.69, 9.17) is 4.74 Å². The topological polar surface area (TPSA) is 58.6 Å². The summed E-state index contributed by atoms with van der Waals surface area (Å²) >= 11 is 1.41. The van der Waals surface area contributed by atoms with Crippen LogP contribution in [0.2, 0.25) is 0 Å². The number of nitrogens with one attached hydrogen (secondary N) is 1. The average molecular weight is 475 g/mol. The standard InChI is InChI=1S/C24H21F3N2O3S/c1-32-12-11-29-21(19-10-5-13-33-19)20(17-8-2-3-9-18(17)23(29)31)22(30)28-16-7-4-6-15(14-16)24(25,26)27/h2-10,13-14,20-21H,11-12H2,1H3,(H,28,30). The molecular formula is C24H21F3N2O3S. The van der Waals surface area contributed by atoms with E-state index in [0.717, 1.165) is 17.0 Å². The number of halogens is 3. The molecule has 2 unspecified atom stereocenters. The molecule has 0 aliphatic carbocycles. The summed E-state index contributed by atoms with van der Waals surface area (Å²) in [6, 6.07) is 14.4. The normalized spacial score (nSPS) is 18.2. The summed E-state index contributed by atoms with van der Waals surface area (Å²) in [5.41, 5.74) is 0.123. The molecule has 1 N–H and O–H groups in total. The van der Waals surface area contributed by atoms with Crippen molar-refractivity contribution in [2.24, 2.45) is 0 Å². The molecule has 1 aliphatic heterocycles. The monoisotopic (exact) mass is 474 g/mol. The molecule has 1 aliphatic rings. The third-order valence-corrected chi connectivity index (χ3v) is 6.49. The molecule has 2 aromatic carbocycles. The number of carbonyl (C=O) groups is 2. The Hall–Kier alpha value is -3.17. The molecule has 1 aromatic heterocycles. The highest BCUT2D eigenvalue weighted by molar-refractivity contribution is 7.10. The Morgan fingerprint density at radius 3 is 2.61 bits per heavy atom. The van der Waals surface area contributed by atoms with Crippen LogP contribution in [-0.4, -0.2) is 37.0 Å². The van der Waals surface area contributed by atoms with Gasteiger partial charge in [-0.15, -0.1) is 11.3 Å². The van der Waals surface area contributed by atoms with E-state index in [-0.39, 0.29) is 24.7 Å². The Balaban J connectivity index is 1.77. The molecule has 5 nitrogen and oxygen atoms in total. The van der Waals surface area contributed by atoms with Gasteiger partial charge in [-0.25, -0.2) is 0 Å². The third kappa shape index (κ3) is 4.65. The largest absolute Gasteiger partial charge is 0.416 e. The molecule has 0 bridgehead atoms. The number of thiophene rings is 1. The quantitative estimate of drug-likeness (QED) is 0.525. The number of carbonyl (C=O) groups excluding carboxylic acids is 2. The van der Waals surface area contributed by atoms with Crippen LogP contribution in [0, 0.1) is 0 Å². The van der Waals surface area contributed by atoms with E-state index in [2.05, 4.69) is 5.32 Å². The predicted octanol–water partition coefficient (Wildman–Crippen LogP) is 5.33. The zero-order chi connectivity index (χ0) is 23.6. The fourth-order valence-electron chi connectivity index (χ4n) is 4.08. The molecule has 9 heteroatoms. The van der Waals surface area contributed by atoms with Crippen molar-refractivity contribution in [2.45, 2.75) is 18.1 Å². The van der Waals surface area contributed by atoms with Crippen LogP contribution < -0.4 is 5.32 Å². The van der Waals surface area contributed by atoms with Gasteiger partial charge in [0, 0.05) is 29.8 Å². The number of hydrogen-bond acceptors (Lipinski definition) is 4. The van der Waals surface area contributed by atoms with Crippen molar-refractivity contribution in [1.82, 2.24) is 4.90 Å². The number of nitrogens with zero attached hydrogens (tertiary/aromatic N) is 1. The van der Waals surface area contributed by atoms with E-state index in [1.165, 1.54) is 30.6 Å². The summed E-state index contributed by atoms with van der Waals surface area (Å²) in [6.07, 6.45) is -4.53. The van der Waals surface area contributed by atoms with Gasteiger partial charge in [-0.05, 0) is 41.3 Å². The number of methoxy groups -OCH3 is 1. The lowest BCUT2D eigenvalue weighted by Crippen LogP contribution is -2.47. The second kappa shape index (κ2) is 9.36. The van der Waals surface area contributed by atoms with Crippen LogP contribution in [0.3, 0.4) is 0 Å². The average Bonchev–Trinajstić information content (AvgIpc) is 3.32. The SMILES string of the molecule is COCCN1C(=O)c2ccccc2C(C(=O)Nc2cccc(C(F)(F)F)c2)C1c1cccs1. The second-order valence-electron chi connectivity index (χ2n) is 7.58. The molecule has 0 fully saturated rings. The predicted molar refractivity (Wildman–Crippen MR) is 119 cm³/mol. The van der Waals surface area contributed by atoms with Gasteiger partial charge < -0.3 is 15.0 Å². The van der Waals surface area contributed by atoms with Crippen molar-refractivity contribution in [1.29, 1.82) is 0 Å². The molecule has 2 amide bonds. The van der Waals surface area contributed by atoms with E-state index < -0.39 is 29.6 Å². The molecule has 2 heterocycles. The highest BCUT2D eigenvalue weighted by Gasteiger charge is 2.44. The fourth-order valence-corrected chi connectivity index (χ4v) is 4.95. The van der Waals surface area contributed by atoms with Gasteiger partial charge in [0.2, 0.25) is 5.91 Å². The van der Waals surface area contributed by atoms with Gasteiger partial charge in [-0.2, -0.15) is 13.2 Å². The number of ether oxygens (including phenoxy) is 1. The van der Waals surface area contributed by atoms with Crippen LogP contribution in [0.5, 0.6) is 0 Å². The summed E-state index contributed by atoms with van der Waals surface area (Å²) in [5.74, 6) is -1.52. The Kier molecular flexibility index (Phi) is 6.53. The number of benzene rings is 2. The Morgan fingerprint density at radius 1 is 1.12 bits per heavy atom. The van der Waals surface area contributed by atoms with Gasteiger partial charge >= 0.3 is 6.18 Å². The number of alkyl halides is 3. The van der Waals surface area contributed by atoms with Crippen LogP contribution in [-0.2, 0) is 15.7 Å². The first-order chi connectivity index (χ1) is 15.8. The molecule has 0 saturated carbocycles. The lowest BCUT2D eigenvalue weighted by Gasteiger charge is -2.41. The first kappa shape index (κ1) is 23.0. The van der Waals surface area contributed by atoms with Gasteiger partial charge in [0.05, 0.1) is 24.1 Å². The van der Waals surface area contributed by atoms with Gasteiger partial charge in [-0.3, -0.25) is 9.59 Å². The Morgan fingerprint density at radius 2 is 1.91 bits per heavy atom. The smallest absolute Gasteiger partial charge is 0.383 e. The number of hydrogen-bond donors (Lipinski definition) is 1. The van der Waals surface area contributed by atoms with E-state index in [9.17, 15) is 22.8 Å². The lowest BCUT2D eigenvalue weighted by molar-refractivity contribution is -0.137. The first-order valence-corrected chi connectivity index (χ1v) is 11.1. The van der Waals surface area contributed by atoms with Crippen molar-refractivity contribution in [2.75, 3.05) is 25.6 Å². The van der Waals surface area contributed by atoms with E-state index in [0.29, 0.717) is 11.1 Å². The van der Waals surface area contributed by atoms with Crippen molar-refractivity contribution in [3.8, 4) is 0 Å².